The molecule has 1 aromatic carbocycles. The van der Waals surface area contributed by atoms with E-state index in [1.165, 1.54) is 16.7 Å². The number of pyridine rings is 2. The summed E-state index contributed by atoms with van der Waals surface area (Å²) >= 11 is 0. The molecule has 0 amide bonds. The summed E-state index contributed by atoms with van der Waals surface area (Å²) in [6, 6.07) is 17.0. The second-order valence-electron chi connectivity index (χ2n) is 8.13. The lowest BCUT2D eigenvalue weighted by Crippen LogP contribution is -2.38. The average Bonchev–Trinajstić information content (AvgIpc) is 3.18. The predicted molar refractivity (Wildman–Crippen MR) is 118 cm³/mol. The molecule has 0 bridgehead atoms. The first kappa shape index (κ1) is 19.0. The lowest BCUT2D eigenvalue weighted by Gasteiger charge is -2.32. The first-order valence-corrected chi connectivity index (χ1v) is 10.5. The number of hydrogen-bond donors (Lipinski definition) is 0. The van der Waals surface area contributed by atoms with Crippen LogP contribution in [0.1, 0.15) is 28.5 Å². The summed E-state index contributed by atoms with van der Waals surface area (Å²) in [5, 5.41) is 0. The van der Waals surface area contributed by atoms with Gasteiger partial charge in [-0.2, -0.15) is 0 Å². The van der Waals surface area contributed by atoms with E-state index < -0.39 is 0 Å². The Balaban J connectivity index is 1.40. The Kier molecular flexibility index (Phi) is 5.07. The number of ether oxygens (including phenoxy) is 1. The van der Waals surface area contributed by atoms with Crippen LogP contribution in [0.2, 0.25) is 0 Å². The van der Waals surface area contributed by atoms with Gasteiger partial charge in [-0.25, -0.2) is 4.98 Å². The van der Waals surface area contributed by atoms with Gasteiger partial charge in [-0.05, 0) is 43.7 Å². The molecular weight excluding hydrogens is 372 g/mol. The fourth-order valence-corrected chi connectivity index (χ4v) is 4.39. The maximum absolute atomic E-state index is 6.13. The largest absolute Gasteiger partial charge is 0.369 e. The molecule has 1 aliphatic heterocycles. The normalized spacial score (nSPS) is 17.5. The van der Waals surface area contributed by atoms with Crippen molar-refractivity contribution in [3.8, 4) is 11.3 Å². The molecule has 5 rings (SSSR count). The molecule has 30 heavy (non-hydrogen) atoms. The summed E-state index contributed by atoms with van der Waals surface area (Å²) < 4.78 is 8.28. The predicted octanol–water partition coefficient (Wildman–Crippen LogP) is 4.59. The summed E-state index contributed by atoms with van der Waals surface area (Å²) in [5.74, 6) is 0. The fraction of sp³-hybridized carbons (Fsp3) is 0.280. The van der Waals surface area contributed by atoms with E-state index in [4.69, 9.17) is 9.72 Å². The molecule has 0 N–H and O–H groups in total. The van der Waals surface area contributed by atoms with Crippen molar-refractivity contribution in [2.24, 2.45) is 0 Å². The van der Waals surface area contributed by atoms with Crippen LogP contribution in [0.3, 0.4) is 0 Å². The van der Waals surface area contributed by atoms with Crippen LogP contribution in [-0.4, -0.2) is 39.0 Å². The minimum absolute atomic E-state index is 0.0187. The number of nitrogens with zero attached hydrogens (tertiary/aromatic N) is 4. The molecule has 4 aromatic rings. The average molecular weight is 399 g/mol. The molecule has 0 spiro atoms. The summed E-state index contributed by atoms with van der Waals surface area (Å²) in [6.45, 7) is 7.78. The van der Waals surface area contributed by atoms with E-state index in [0.717, 1.165) is 48.8 Å². The summed E-state index contributed by atoms with van der Waals surface area (Å²) in [5.41, 5.74) is 8.16. The fourth-order valence-electron chi connectivity index (χ4n) is 4.39. The van der Waals surface area contributed by atoms with Gasteiger partial charge in [0.25, 0.3) is 0 Å². The van der Waals surface area contributed by atoms with Gasteiger partial charge in [-0.15, -0.1) is 0 Å². The van der Waals surface area contributed by atoms with Crippen LogP contribution in [0.4, 0.5) is 0 Å². The molecular formula is C25H26N4O. The highest BCUT2D eigenvalue weighted by molar-refractivity contribution is 5.63. The van der Waals surface area contributed by atoms with Crippen molar-refractivity contribution in [1.82, 2.24) is 19.3 Å². The van der Waals surface area contributed by atoms with Crippen LogP contribution in [0.25, 0.3) is 16.9 Å². The minimum Gasteiger partial charge on any atom is -0.369 e. The van der Waals surface area contributed by atoms with Crippen molar-refractivity contribution in [2.45, 2.75) is 26.5 Å². The summed E-state index contributed by atoms with van der Waals surface area (Å²) in [7, 11) is 0. The summed E-state index contributed by atoms with van der Waals surface area (Å²) in [4.78, 5) is 11.5. The molecule has 1 atom stereocenters. The minimum atomic E-state index is -0.0187. The van der Waals surface area contributed by atoms with E-state index in [1.54, 1.807) is 0 Å². The van der Waals surface area contributed by atoms with Crippen molar-refractivity contribution in [2.75, 3.05) is 19.7 Å². The maximum atomic E-state index is 6.13. The Morgan fingerprint density at radius 2 is 1.83 bits per heavy atom. The van der Waals surface area contributed by atoms with Gasteiger partial charge in [0.1, 0.15) is 11.8 Å². The standard InChI is InChI=1S/C25H26N4O/c1-18-12-19(2)14-20(13-18)15-28-10-11-30-24(17-28)22-16-29-23(4-3-5-25(29)27-22)21-6-8-26-9-7-21/h3-9,12-14,16,24H,10-11,15,17H2,1-2H3/t24-/m0/s1. The Hall–Kier alpha value is -3.02. The van der Waals surface area contributed by atoms with Crippen molar-refractivity contribution in [1.29, 1.82) is 0 Å². The number of fused-ring (bicyclic) bond motifs is 1. The molecule has 1 aliphatic rings. The topological polar surface area (TPSA) is 42.7 Å². The van der Waals surface area contributed by atoms with Gasteiger partial charge in [0.05, 0.1) is 18.0 Å². The number of benzene rings is 1. The molecule has 1 saturated heterocycles. The number of rotatable bonds is 4. The Morgan fingerprint density at radius 3 is 2.63 bits per heavy atom. The van der Waals surface area contributed by atoms with Crippen LogP contribution < -0.4 is 0 Å². The molecule has 0 saturated carbocycles. The molecule has 152 valence electrons. The molecule has 0 radical (unpaired) electrons. The van der Waals surface area contributed by atoms with Gasteiger partial charge in [0, 0.05) is 43.8 Å². The first-order chi connectivity index (χ1) is 14.7. The number of aromatic nitrogens is 3. The third kappa shape index (κ3) is 3.86. The molecule has 0 unspecified atom stereocenters. The third-order valence-electron chi connectivity index (χ3n) is 5.65. The van der Waals surface area contributed by atoms with E-state index in [0.29, 0.717) is 0 Å². The number of imidazole rings is 1. The zero-order valence-corrected chi connectivity index (χ0v) is 17.5. The van der Waals surface area contributed by atoms with Crippen LogP contribution in [0.15, 0.2) is 67.1 Å². The molecule has 1 fully saturated rings. The van der Waals surface area contributed by atoms with Crippen LogP contribution in [0, 0.1) is 13.8 Å². The number of aryl methyl sites for hydroxylation is 2. The molecule has 3 aromatic heterocycles. The van der Waals surface area contributed by atoms with E-state index in [2.05, 4.69) is 64.7 Å². The molecule has 5 nitrogen and oxygen atoms in total. The number of hydrogen-bond acceptors (Lipinski definition) is 4. The SMILES string of the molecule is Cc1cc(C)cc(CN2CCO[C@H](c3cn4c(-c5ccncc5)cccc4n3)C2)c1. The van der Waals surface area contributed by atoms with E-state index in [9.17, 15) is 0 Å². The van der Waals surface area contributed by atoms with Gasteiger partial charge in [0.15, 0.2) is 0 Å². The summed E-state index contributed by atoms with van der Waals surface area (Å²) in [6.07, 6.45) is 5.74. The van der Waals surface area contributed by atoms with Crippen molar-refractivity contribution in [3.05, 3.63) is 89.5 Å². The number of morpholine rings is 1. The Labute approximate surface area is 177 Å². The quantitative estimate of drug-likeness (QED) is 0.504. The smallest absolute Gasteiger partial charge is 0.137 e. The third-order valence-corrected chi connectivity index (χ3v) is 5.65. The van der Waals surface area contributed by atoms with Gasteiger partial charge in [-0.3, -0.25) is 14.3 Å². The molecule has 5 heteroatoms. The van der Waals surface area contributed by atoms with Crippen LogP contribution >= 0.6 is 0 Å². The van der Waals surface area contributed by atoms with Gasteiger partial charge >= 0.3 is 0 Å². The van der Waals surface area contributed by atoms with Crippen molar-refractivity contribution in [3.63, 3.8) is 0 Å². The second-order valence-corrected chi connectivity index (χ2v) is 8.13. The molecule has 0 aliphatic carbocycles. The van der Waals surface area contributed by atoms with Gasteiger partial charge < -0.3 is 4.74 Å². The van der Waals surface area contributed by atoms with E-state index >= 15 is 0 Å². The van der Waals surface area contributed by atoms with Crippen molar-refractivity contribution < 1.29 is 4.74 Å². The van der Waals surface area contributed by atoms with Gasteiger partial charge in [0.2, 0.25) is 0 Å². The Bertz CT molecular complexity index is 1150. The van der Waals surface area contributed by atoms with Crippen molar-refractivity contribution >= 4 is 5.65 Å². The lowest BCUT2D eigenvalue weighted by atomic mass is 10.1. The highest BCUT2D eigenvalue weighted by Gasteiger charge is 2.24. The van der Waals surface area contributed by atoms with E-state index in [1.807, 2.05) is 30.6 Å². The Morgan fingerprint density at radius 1 is 1.03 bits per heavy atom. The zero-order valence-electron chi connectivity index (χ0n) is 17.5. The zero-order chi connectivity index (χ0) is 20.5. The highest BCUT2D eigenvalue weighted by atomic mass is 16.5. The monoisotopic (exact) mass is 398 g/mol. The maximum Gasteiger partial charge on any atom is 0.137 e. The second kappa shape index (κ2) is 8.01. The highest BCUT2D eigenvalue weighted by Crippen LogP contribution is 2.26. The van der Waals surface area contributed by atoms with Gasteiger partial charge in [-0.1, -0.05) is 35.4 Å². The molecule has 4 heterocycles. The van der Waals surface area contributed by atoms with Crippen LogP contribution in [0.5, 0.6) is 0 Å². The van der Waals surface area contributed by atoms with E-state index in [-0.39, 0.29) is 6.10 Å². The first-order valence-electron chi connectivity index (χ1n) is 10.5. The lowest BCUT2D eigenvalue weighted by molar-refractivity contribution is -0.0347. The van der Waals surface area contributed by atoms with Crippen LogP contribution in [-0.2, 0) is 11.3 Å².